The van der Waals surface area contributed by atoms with Crippen LogP contribution < -0.4 is 10.1 Å². The molecule has 0 aliphatic heterocycles. The summed E-state index contributed by atoms with van der Waals surface area (Å²) in [6.45, 7) is 4.85. The first-order valence-electron chi connectivity index (χ1n) is 9.88. The molecular weight excluding hydrogens is 374 g/mol. The van der Waals surface area contributed by atoms with Gasteiger partial charge >= 0.3 is 0 Å². The van der Waals surface area contributed by atoms with Crippen LogP contribution in [0.3, 0.4) is 0 Å². The van der Waals surface area contributed by atoms with Crippen molar-refractivity contribution in [2.24, 2.45) is 0 Å². The Kier molecular flexibility index (Phi) is 4.32. The number of aromatic amines is 3. The fourth-order valence-corrected chi connectivity index (χ4v) is 3.63. The molecule has 0 aliphatic rings. The molecular formula is C24H22N5O+. The maximum Gasteiger partial charge on any atom is 0.264 e. The van der Waals surface area contributed by atoms with Crippen molar-refractivity contribution < 1.29 is 4.57 Å². The molecule has 6 heteroatoms. The molecule has 6 nitrogen and oxygen atoms in total. The first-order chi connectivity index (χ1) is 14.5. The molecule has 0 saturated carbocycles. The zero-order valence-corrected chi connectivity index (χ0v) is 16.9. The topological polar surface area (TPSA) is 81.2 Å². The molecule has 2 aromatic carbocycles. The highest BCUT2D eigenvalue weighted by molar-refractivity contribution is 5.78. The Bertz CT molecular complexity index is 1410. The van der Waals surface area contributed by atoms with Crippen molar-refractivity contribution in [1.82, 2.24) is 20.2 Å². The summed E-state index contributed by atoms with van der Waals surface area (Å²) >= 11 is 0. The van der Waals surface area contributed by atoms with Crippen LogP contribution in [-0.2, 0) is 6.54 Å². The molecule has 0 atom stereocenters. The monoisotopic (exact) mass is 396 g/mol. The van der Waals surface area contributed by atoms with Gasteiger partial charge in [0.25, 0.3) is 5.56 Å². The van der Waals surface area contributed by atoms with Gasteiger partial charge in [0, 0.05) is 17.7 Å². The van der Waals surface area contributed by atoms with Crippen molar-refractivity contribution >= 4 is 11.0 Å². The summed E-state index contributed by atoms with van der Waals surface area (Å²) in [4.78, 5) is 19.4. The Balaban J connectivity index is 1.42. The second-order valence-electron chi connectivity index (χ2n) is 7.66. The highest BCUT2D eigenvalue weighted by atomic mass is 16.1. The average molecular weight is 396 g/mol. The number of nitrogens with one attached hydrogen (secondary N) is 3. The van der Waals surface area contributed by atoms with Gasteiger partial charge in [-0.05, 0) is 36.1 Å². The lowest BCUT2D eigenvalue weighted by molar-refractivity contribution is -0.687. The van der Waals surface area contributed by atoms with Gasteiger partial charge in [-0.1, -0.05) is 42.5 Å². The molecule has 5 aromatic rings. The van der Waals surface area contributed by atoms with Crippen LogP contribution in [0.25, 0.3) is 33.5 Å². The predicted molar refractivity (Wildman–Crippen MR) is 117 cm³/mol. The Morgan fingerprint density at radius 3 is 2.37 bits per heavy atom. The molecule has 5 rings (SSSR count). The van der Waals surface area contributed by atoms with E-state index in [1.807, 2.05) is 23.0 Å². The van der Waals surface area contributed by atoms with Crippen molar-refractivity contribution in [2.45, 2.75) is 20.4 Å². The number of benzene rings is 2. The number of fused-ring (bicyclic) bond motifs is 1. The molecule has 0 saturated heterocycles. The number of H-pyrrole nitrogens is 3. The standard InChI is InChI=1S/C24H21N5O/c1-15-3-4-19(11-16(15)2)17-5-7-18(8-6-17)24-25-21-9-10-29(14-22(21)26-24)13-20-12-23(30)28-27-20/h3-12,14H,13H2,1-2H3,(H2,27,28,30)/p+1. The van der Waals surface area contributed by atoms with Crippen molar-refractivity contribution in [3.63, 3.8) is 0 Å². The summed E-state index contributed by atoms with van der Waals surface area (Å²) in [6, 6.07) is 18.6. The van der Waals surface area contributed by atoms with Crippen LogP contribution in [0.4, 0.5) is 0 Å². The van der Waals surface area contributed by atoms with E-state index < -0.39 is 0 Å². The fraction of sp³-hybridized carbons (Fsp3) is 0.125. The van der Waals surface area contributed by atoms with Crippen molar-refractivity contribution in [3.8, 4) is 22.5 Å². The van der Waals surface area contributed by atoms with E-state index in [1.54, 1.807) is 6.07 Å². The summed E-state index contributed by atoms with van der Waals surface area (Å²) in [7, 11) is 0. The van der Waals surface area contributed by atoms with E-state index in [4.69, 9.17) is 4.98 Å². The second kappa shape index (κ2) is 7.15. The van der Waals surface area contributed by atoms with Gasteiger partial charge in [-0.15, -0.1) is 0 Å². The lowest BCUT2D eigenvalue weighted by Crippen LogP contribution is -2.33. The average Bonchev–Trinajstić information content (AvgIpc) is 3.36. The molecule has 0 aliphatic carbocycles. The highest BCUT2D eigenvalue weighted by Gasteiger charge is 2.11. The van der Waals surface area contributed by atoms with Gasteiger partial charge in [0.05, 0.1) is 0 Å². The summed E-state index contributed by atoms with van der Waals surface area (Å²) in [6.07, 6.45) is 3.96. The number of aromatic nitrogens is 5. The molecule has 0 bridgehead atoms. The molecule has 0 amide bonds. The van der Waals surface area contributed by atoms with Crippen LogP contribution in [0.2, 0.25) is 0 Å². The Labute approximate surface area is 173 Å². The van der Waals surface area contributed by atoms with Crippen molar-refractivity contribution in [1.29, 1.82) is 0 Å². The summed E-state index contributed by atoms with van der Waals surface area (Å²) in [5.74, 6) is 0.837. The van der Waals surface area contributed by atoms with Gasteiger partial charge < -0.3 is 4.98 Å². The van der Waals surface area contributed by atoms with E-state index in [9.17, 15) is 4.79 Å². The molecule has 3 heterocycles. The third kappa shape index (κ3) is 3.43. The molecule has 3 N–H and O–H groups in total. The van der Waals surface area contributed by atoms with E-state index in [2.05, 4.69) is 71.5 Å². The maximum absolute atomic E-state index is 11.3. The highest BCUT2D eigenvalue weighted by Crippen LogP contribution is 2.26. The van der Waals surface area contributed by atoms with E-state index >= 15 is 0 Å². The lowest BCUT2D eigenvalue weighted by atomic mass is 9.99. The molecule has 0 radical (unpaired) electrons. The quantitative estimate of drug-likeness (QED) is 0.403. The van der Waals surface area contributed by atoms with E-state index in [1.165, 1.54) is 22.3 Å². The van der Waals surface area contributed by atoms with Crippen LogP contribution >= 0.6 is 0 Å². The smallest absolute Gasteiger partial charge is 0.264 e. The third-order valence-electron chi connectivity index (χ3n) is 5.48. The zero-order chi connectivity index (χ0) is 20.7. The first-order valence-corrected chi connectivity index (χ1v) is 9.88. The third-order valence-corrected chi connectivity index (χ3v) is 5.48. The largest absolute Gasteiger partial charge is 0.333 e. The maximum atomic E-state index is 11.3. The number of imidazole rings is 1. The van der Waals surface area contributed by atoms with E-state index in [0.29, 0.717) is 6.54 Å². The molecule has 148 valence electrons. The number of aryl methyl sites for hydroxylation is 2. The van der Waals surface area contributed by atoms with Crippen LogP contribution in [0.15, 0.2) is 71.8 Å². The number of nitrogens with zero attached hydrogens (tertiary/aromatic N) is 2. The second-order valence-corrected chi connectivity index (χ2v) is 7.66. The lowest BCUT2D eigenvalue weighted by Gasteiger charge is -2.06. The minimum Gasteiger partial charge on any atom is -0.333 e. The summed E-state index contributed by atoms with van der Waals surface area (Å²) in [5, 5.41) is 5.43. The fourth-order valence-electron chi connectivity index (χ4n) is 3.63. The normalized spacial score (nSPS) is 11.3. The minimum absolute atomic E-state index is 0.125. The molecule has 0 spiro atoms. The minimum atomic E-state index is -0.125. The zero-order valence-electron chi connectivity index (χ0n) is 16.9. The number of rotatable bonds is 4. The van der Waals surface area contributed by atoms with Crippen molar-refractivity contribution in [3.05, 3.63) is 94.2 Å². The predicted octanol–water partition coefficient (Wildman–Crippen LogP) is 3.87. The molecule has 0 fully saturated rings. The molecule has 0 unspecified atom stereocenters. The molecule has 3 aromatic heterocycles. The Morgan fingerprint density at radius 1 is 0.867 bits per heavy atom. The Morgan fingerprint density at radius 2 is 1.63 bits per heavy atom. The van der Waals surface area contributed by atoms with Crippen LogP contribution in [0, 0.1) is 13.8 Å². The van der Waals surface area contributed by atoms with Crippen LogP contribution in [0.1, 0.15) is 16.8 Å². The number of hydrogen-bond donors (Lipinski definition) is 3. The number of hydrogen-bond acceptors (Lipinski definition) is 2. The van der Waals surface area contributed by atoms with Gasteiger partial charge in [0.2, 0.25) is 0 Å². The Hall–Kier alpha value is -3.93. The summed E-state index contributed by atoms with van der Waals surface area (Å²) < 4.78 is 2.01. The van der Waals surface area contributed by atoms with Gasteiger partial charge in [0.15, 0.2) is 18.9 Å². The van der Waals surface area contributed by atoms with E-state index in [0.717, 1.165) is 28.1 Å². The number of pyridine rings is 1. The first kappa shape index (κ1) is 18.1. The molecule has 30 heavy (non-hydrogen) atoms. The van der Waals surface area contributed by atoms with Gasteiger partial charge in [0.1, 0.15) is 22.6 Å². The van der Waals surface area contributed by atoms with Crippen LogP contribution in [0.5, 0.6) is 0 Å². The van der Waals surface area contributed by atoms with Gasteiger partial charge in [-0.2, -0.15) is 4.57 Å². The SMILES string of the molecule is Cc1ccc(-c2ccc(-c3nc4cc[n+](Cc5cc(=O)[nH][nH]5)cc4[nH]3)cc2)cc1C. The van der Waals surface area contributed by atoms with Gasteiger partial charge in [-0.3, -0.25) is 15.0 Å². The summed E-state index contributed by atoms with van der Waals surface area (Å²) in [5.41, 5.74) is 8.61. The van der Waals surface area contributed by atoms with Crippen LogP contribution in [-0.4, -0.2) is 20.2 Å². The van der Waals surface area contributed by atoms with Gasteiger partial charge in [-0.25, -0.2) is 4.98 Å². The van der Waals surface area contributed by atoms with E-state index in [-0.39, 0.29) is 5.56 Å². The van der Waals surface area contributed by atoms with Crippen molar-refractivity contribution in [2.75, 3.05) is 0 Å².